The maximum Gasteiger partial charge on any atom is 0.303 e. The molecule has 0 aromatic carbocycles. The van der Waals surface area contributed by atoms with E-state index in [1.807, 2.05) is 22.8 Å². The number of pyridine rings is 2. The zero-order valence-electron chi connectivity index (χ0n) is 13.4. The van der Waals surface area contributed by atoms with E-state index >= 15 is 0 Å². The SMILES string of the molecule is [2H]C([2H])([2H])n1c2cccnc2c2sc3[n+](c21)Cc1cccnc1-3. The summed E-state index contributed by atoms with van der Waals surface area (Å²) < 4.78 is 28.3. The number of hydrogen-bond acceptors (Lipinski definition) is 3. The lowest BCUT2D eigenvalue weighted by Gasteiger charge is -1.92. The first-order valence-electron chi connectivity index (χ1n) is 7.82. The predicted octanol–water partition coefficient (Wildman–Crippen LogP) is 2.50. The number of aromatic nitrogens is 4. The average Bonchev–Trinajstić information content (AvgIpc) is 3.13. The van der Waals surface area contributed by atoms with Crippen molar-refractivity contribution < 1.29 is 8.68 Å². The van der Waals surface area contributed by atoms with Gasteiger partial charge in [0.2, 0.25) is 5.01 Å². The minimum atomic E-state index is -2.26. The molecule has 0 bridgehead atoms. The van der Waals surface area contributed by atoms with Gasteiger partial charge in [-0.2, -0.15) is 0 Å². The normalized spacial score (nSPS) is 15.9. The van der Waals surface area contributed by atoms with Gasteiger partial charge < -0.3 is 0 Å². The maximum absolute atomic E-state index is 7.96. The van der Waals surface area contributed by atoms with Crippen LogP contribution in [0.5, 0.6) is 0 Å². The van der Waals surface area contributed by atoms with Crippen LogP contribution in [0.1, 0.15) is 9.68 Å². The molecular formula is C15H11N4S+. The highest BCUT2D eigenvalue weighted by atomic mass is 32.1. The predicted molar refractivity (Wildman–Crippen MR) is 78.6 cm³/mol. The highest BCUT2D eigenvalue weighted by Gasteiger charge is 2.33. The minimum absolute atomic E-state index is 0.644. The third-order valence-corrected chi connectivity index (χ3v) is 4.97. The minimum Gasteiger partial charge on any atom is -0.251 e. The third-order valence-electron chi connectivity index (χ3n) is 3.78. The van der Waals surface area contributed by atoms with Gasteiger partial charge in [0.15, 0.2) is 10.2 Å². The number of thiazole rings is 1. The Bertz CT molecular complexity index is 1090. The molecule has 0 fully saturated rings. The van der Waals surface area contributed by atoms with E-state index in [2.05, 4.69) is 9.97 Å². The van der Waals surface area contributed by atoms with Crippen LogP contribution in [0, 0.1) is 0 Å². The quantitative estimate of drug-likeness (QED) is 0.409. The van der Waals surface area contributed by atoms with Crippen molar-refractivity contribution in [3.8, 4) is 10.7 Å². The van der Waals surface area contributed by atoms with Crippen LogP contribution in [-0.4, -0.2) is 14.5 Å². The first-order valence-corrected chi connectivity index (χ1v) is 7.14. The van der Waals surface area contributed by atoms with E-state index in [1.165, 1.54) is 4.57 Å². The molecule has 5 heteroatoms. The Morgan fingerprint density at radius 2 is 2.20 bits per heavy atom. The maximum atomic E-state index is 7.96. The molecule has 0 unspecified atom stereocenters. The monoisotopic (exact) mass is 282 g/mol. The summed E-state index contributed by atoms with van der Waals surface area (Å²) in [5, 5.41) is 0.996. The van der Waals surface area contributed by atoms with E-state index in [0.29, 0.717) is 17.7 Å². The van der Waals surface area contributed by atoms with Gasteiger partial charge in [0.1, 0.15) is 17.8 Å². The summed E-state index contributed by atoms with van der Waals surface area (Å²) in [4.78, 5) is 8.88. The summed E-state index contributed by atoms with van der Waals surface area (Å²) in [5.41, 5.74) is 4.15. The van der Waals surface area contributed by atoms with Crippen molar-refractivity contribution in [3.05, 3.63) is 42.2 Å². The highest BCUT2D eigenvalue weighted by molar-refractivity contribution is 7.22. The molecule has 4 aromatic heterocycles. The fourth-order valence-corrected chi connectivity index (χ4v) is 4.19. The number of hydrogen-bond donors (Lipinski definition) is 0. The van der Waals surface area contributed by atoms with Gasteiger partial charge in [-0.15, -0.1) is 0 Å². The van der Waals surface area contributed by atoms with Crippen LogP contribution in [-0.2, 0) is 13.5 Å². The number of fused-ring (bicyclic) bond motifs is 7. The summed E-state index contributed by atoms with van der Waals surface area (Å²) in [6.07, 6.45) is 3.47. The van der Waals surface area contributed by atoms with Gasteiger partial charge in [0.25, 0.3) is 0 Å². The van der Waals surface area contributed by atoms with Gasteiger partial charge in [-0.1, -0.05) is 17.4 Å². The lowest BCUT2D eigenvalue weighted by atomic mass is 10.2. The zero-order valence-corrected chi connectivity index (χ0v) is 11.2. The van der Waals surface area contributed by atoms with Crippen LogP contribution in [0.25, 0.3) is 32.1 Å². The van der Waals surface area contributed by atoms with Gasteiger partial charge in [0.05, 0.1) is 11.1 Å². The molecule has 1 aliphatic heterocycles. The van der Waals surface area contributed by atoms with Crippen molar-refractivity contribution in [2.24, 2.45) is 6.98 Å². The molecule has 0 radical (unpaired) electrons. The Balaban J connectivity index is 1.97. The van der Waals surface area contributed by atoms with E-state index in [1.54, 1.807) is 29.8 Å². The second-order valence-corrected chi connectivity index (χ2v) is 5.86. The summed E-state index contributed by atoms with van der Waals surface area (Å²) in [7, 11) is 0. The van der Waals surface area contributed by atoms with Crippen LogP contribution in [0.2, 0.25) is 0 Å². The van der Waals surface area contributed by atoms with Crippen LogP contribution in [0.15, 0.2) is 36.7 Å². The van der Waals surface area contributed by atoms with Crippen LogP contribution in [0.4, 0.5) is 0 Å². The van der Waals surface area contributed by atoms with Crippen molar-refractivity contribution in [2.75, 3.05) is 0 Å². The molecule has 4 aromatic rings. The third kappa shape index (κ3) is 1.10. The van der Waals surface area contributed by atoms with Crippen LogP contribution >= 0.6 is 11.3 Å². The second kappa shape index (κ2) is 3.43. The largest absolute Gasteiger partial charge is 0.303 e. The van der Waals surface area contributed by atoms with Crippen molar-refractivity contribution >= 4 is 32.7 Å². The molecule has 5 heterocycles. The lowest BCUT2D eigenvalue weighted by Crippen LogP contribution is -2.32. The molecule has 0 saturated heterocycles. The van der Waals surface area contributed by atoms with Crippen molar-refractivity contribution in [1.82, 2.24) is 14.5 Å². The number of rotatable bonds is 0. The van der Waals surface area contributed by atoms with E-state index in [-0.39, 0.29) is 0 Å². The fraction of sp³-hybridized carbons (Fsp3) is 0.133. The van der Waals surface area contributed by atoms with Crippen molar-refractivity contribution in [2.45, 2.75) is 6.54 Å². The molecule has 0 aliphatic carbocycles. The number of nitrogens with zero attached hydrogens (tertiary/aromatic N) is 4. The molecule has 20 heavy (non-hydrogen) atoms. The van der Waals surface area contributed by atoms with E-state index in [0.717, 1.165) is 26.5 Å². The molecule has 0 atom stereocenters. The zero-order chi connectivity index (χ0) is 15.8. The van der Waals surface area contributed by atoms with Crippen LogP contribution in [0.3, 0.4) is 0 Å². The molecule has 0 saturated carbocycles. The topological polar surface area (TPSA) is 34.6 Å². The van der Waals surface area contributed by atoms with Crippen molar-refractivity contribution in [1.29, 1.82) is 0 Å². The molecule has 0 spiro atoms. The van der Waals surface area contributed by atoms with Gasteiger partial charge in [-0.3, -0.25) is 9.97 Å². The van der Waals surface area contributed by atoms with Gasteiger partial charge >= 0.3 is 5.65 Å². The van der Waals surface area contributed by atoms with Crippen LogP contribution < -0.4 is 4.57 Å². The summed E-state index contributed by atoms with van der Waals surface area (Å²) in [6, 6.07) is 7.53. The summed E-state index contributed by atoms with van der Waals surface area (Å²) in [5.74, 6) is 0. The summed E-state index contributed by atoms with van der Waals surface area (Å²) in [6.45, 7) is -1.61. The molecule has 1 aliphatic rings. The Morgan fingerprint density at radius 1 is 1.30 bits per heavy atom. The molecular weight excluding hydrogens is 268 g/mol. The van der Waals surface area contributed by atoms with E-state index in [4.69, 9.17) is 4.11 Å². The van der Waals surface area contributed by atoms with E-state index in [9.17, 15) is 0 Å². The van der Waals surface area contributed by atoms with E-state index < -0.39 is 6.98 Å². The Kier molecular flexibility index (Phi) is 1.39. The smallest absolute Gasteiger partial charge is 0.251 e. The molecule has 96 valence electrons. The second-order valence-electron chi connectivity index (χ2n) is 4.86. The first kappa shape index (κ1) is 8.11. The average molecular weight is 282 g/mol. The summed E-state index contributed by atoms with van der Waals surface area (Å²) >= 11 is 1.56. The fourth-order valence-electron chi connectivity index (χ4n) is 2.91. The molecule has 5 rings (SSSR count). The standard InChI is InChI=1S/C15H11N4S/c1-18-10-5-3-7-17-12(10)13-14(18)19-8-9-4-2-6-16-11(9)15(19)20-13/h2-7H,8H2,1H3/q+1/i1D3. The Morgan fingerprint density at radius 3 is 3.15 bits per heavy atom. The molecule has 4 nitrogen and oxygen atoms in total. The number of aryl methyl sites for hydroxylation is 1. The van der Waals surface area contributed by atoms with Crippen molar-refractivity contribution in [3.63, 3.8) is 0 Å². The lowest BCUT2D eigenvalue weighted by molar-refractivity contribution is -0.644. The highest BCUT2D eigenvalue weighted by Crippen LogP contribution is 2.37. The van der Waals surface area contributed by atoms with Gasteiger partial charge in [-0.05, 0) is 18.2 Å². The molecule has 0 N–H and O–H groups in total. The Labute approximate surface area is 123 Å². The van der Waals surface area contributed by atoms with Gasteiger partial charge in [-0.25, -0.2) is 9.13 Å². The Hall–Kier alpha value is -2.27. The molecule has 0 amide bonds. The van der Waals surface area contributed by atoms with Gasteiger partial charge in [0, 0.05) is 18.0 Å². The first-order chi connectivity index (χ1) is 11.1.